The van der Waals surface area contributed by atoms with E-state index in [9.17, 15) is 18.4 Å². The Bertz CT molecular complexity index is 642. The minimum absolute atomic E-state index is 0.0421. The number of rotatable bonds is 4. The van der Waals surface area contributed by atoms with Crippen LogP contribution in [0.15, 0.2) is 18.2 Å². The number of fused-ring (bicyclic) bond motifs is 1. The molecule has 0 bridgehead atoms. The number of hydrogen-bond donors (Lipinski definition) is 1. The Balaban J connectivity index is 1.62. The molecule has 0 radical (unpaired) electrons. The average molecular weight is 353 g/mol. The predicted molar refractivity (Wildman–Crippen MR) is 86.5 cm³/mol. The van der Waals surface area contributed by atoms with E-state index in [0.717, 1.165) is 5.56 Å². The van der Waals surface area contributed by atoms with Gasteiger partial charge in [0.25, 0.3) is 0 Å². The zero-order chi connectivity index (χ0) is 17.8. The molecule has 0 aromatic heterocycles. The molecule has 1 aromatic rings. The van der Waals surface area contributed by atoms with Crippen LogP contribution in [0.25, 0.3) is 0 Å². The third kappa shape index (κ3) is 4.54. The average Bonchev–Trinajstić information content (AvgIpc) is 2.76. The van der Waals surface area contributed by atoms with Crippen LogP contribution in [0.5, 0.6) is 5.75 Å². The molecule has 25 heavy (non-hydrogen) atoms. The van der Waals surface area contributed by atoms with E-state index in [0.29, 0.717) is 56.4 Å². The first kappa shape index (κ1) is 17.8. The highest BCUT2D eigenvalue weighted by atomic mass is 19.3. The summed E-state index contributed by atoms with van der Waals surface area (Å²) < 4.78 is 34.6. The lowest BCUT2D eigenvalue weighted by Gasteiger charge is -2.27. The molecule has 1 aromatic carbocycles. The molecule has 0 spiro atoms. The van der Waals surface area contributed by atoms with E-state index in [-0.39, 0.29) is 17.8 Å². The maximum absolute atomic E-state index is 12.4. The number of benzene rings is 1. The molecule has 0 unspecified atom stereocenters. The quantitative estimate of drug-likeness (QED) is 0.663. The molecule has 1 amide bonds. The molecule has 2 aliphatic rings. The number of carbonyl (C=O) groups is 2. The molecule has 5 nitrogen and oxygen atoms in total. The Kier molecular flexibility index (Phi) is 5.63. The van der Waals surface area contributed by atoms with Crippen LogP contribution in [0.1, 0.15) is 44.1 Å². The SMILES string of the molecule is O=C1CCCc2c(cccc2OC(=O)C2CCC(OC(F)F)CC2)N1. The van der Waals surface area contributed by atoms with Crippen molar-refractivity contribution in [2.75, 3.05) is 5.32 Å². The second-order valence-electron chi connectivity index (χ2n) is 6.48. The van der Waals surface area contributed by atoms with Crippen LogP contribution in [0.3, 0.4) is 0 Å². The fourth-order valence-corrected chi connectivity index (χ4v) is 3.45. The van der Waals surface area contributed by atoms with Gasteiger partial charge in [0.15, 0.2) is 0 Å². The van der Waals surface area contributed by atoms with Gasteiger partial charge >= 0.3 is 12.6 Å². The molecule has 136 valence electrons. The Morgan fingerprint density at radius 1 is 1.16 bits per heavy atom. The maximum atomic E-state index is 12.4. The van der Waals surface area contributed by atoms with E-state index in [1.54, 1.807) is 18.2 Å². The predicted octanol–water partition coefficient (Wildman–Crippen LogP) is 3.66. The molecule has 1 heterocycles. The van der Waals surface area contributed by atoms with Gasteiger partial charge in [0, 0.05) is 17.7 Å². The molecule has 3 rings (SSSR count). The van der Waals surface area contributed by atoms with Crippen LogP contribution < -0.4 is 10.1 Å². The van der Waals surface area contributed by atoms with Gasteiger partial charge in [-0.2, -0.15) is 8.78 Å². The van der Waals surface area contributed by atoms with E-state index in [1.165, 1.54) is 0 Å². The first-order valence-corrected chi connectivity index (χ1v) is 8.60. The number of ether oxygens (including phenoxy) is 2. The summed E-state index contributed by atoms with van der Waals surface area (Å²) in [6.07, 6.45) is 3.10. The van der Waals surface area contributed by atoms with E-state index in [4.69, 9.17) is 4.74 Å². The topological polar surface area (TPSA) is 64.6 Å². The highest BCUT2D eigenvalue weighted by Gasteiger charge is 2.30. The Labute approximate surface area is 144 Å². The van der Waals surface area contributed by atoms with Crippen LogP contribution in [0, 0.1) is 5.92 Å². The molecule has 1 aliphatic heterocycles. The Morgan fingerprint density at radius 2 is 1.92 bits per heavy atom. The Hall–Kier alpha value is -2.02. The molecule has 1 fully saturated rings. The van der Waals surface area contributed by atoms with Crippen molar-refractivity contribution in [3.8, 4) is 5.75 Å². The van der Waals surface area contributed by atoms with E-state index in [1.807, 2.05) is 0 Å². The van der Waals surface area contributed by atoms with Gasteiger partial charge in [-0.05, 0) is 50.7 Å². The molecule has 1 saturated carbocycles. The van der Waals surface area contributed by atoms with Crippen molar-refractivity contribution in [3.05, 3.63) is 23.8 Å². The first-order chi connectivity index (χ1) is 12.0. The highest BCUT2D eigenvalue weighted by molar-refractivity contribution is 5.93. The normalized spacial score (nSPS) is 23.6. The lowest BCUT2D eigenvalue weighted by molar-refractivity contribution is -0.173. The fourth-order valence-electron chi connectivity index (χ4n) is 3.45. The van der Waals surface area contributed by atoms with Crippen molar-refractivity contribution in [1.29, 1.82) is 0 Å². The minimum Gasteiger partial charge on any atom is -0.426 e. The van der Waals surface area contributed by atoms with Crippen molar-refractivity contribution in [3.63, 3.8) is 0 Å². The number of halogens is 2. The van der Waals surface area contributed by atoms with E-state index >= 15 is 0 Å². The largest absolute Gasteiger partial charge is 0.426 e. The van der Waals surface area contributed by atoms with Gasteiger partial charge in [0.05, 0.1) is 12.0 Å². The third-order valence-electron chi connectivity index (χ3n) is 4.75. The van der Waals surface area contributed by atoms with Gasteiger partial charge in [-0.1, -0.05) is 6.07 Å². The lowest BCUT2D eigenvalue weighted by atomic mass is 9.87. The second kappa shape index (κ2) is 7.91. The zero-order valence-corrected chi connectivity index (χ0v) is 13.8. The van der Waals surface area contributed by atoms with Gasteiger partial charge in [-0.25, -0.2) is 0 Å². The minimum atomic E-state index is -2.77. The number of esters is 1. The first-order valence-electron chi connectivity index (χ1n) is 8.60. The number of anilines is 1. The van der Waals surface area contributed by atoms with Gasteiger partial charge in [-0.15, -0.1) is 0 Å². The molecule has 1 aliphatic carbocycles. The summed E-state index contributed by atoms with van der Waals surface area (Å²) in [6.45, 7) is -2.77. The molecule has 0 atom stereocenters. The van der Waals surface area contributed by atoms with Crippen LogP contribution in [0.4, 0.5) is 14.5 Å². The molecule has 0 saturated heterocycles. The summed E-state index contributed by atoms with van der Waals surface area (Å²) >= 11 is 0. The van der Waals surface area contributed by atoms with Crippen molar-refractivity contribution in [1.82, 2.24) is 0 Å². The van der Waals surface area contributed by atoms with Crippen LogP contribution in [0.2, 0.25) is 0 Å². The van der Waals surface area contributed by atoms with Crippen molar-refractivity contribution >= 4 is 17.6 Å². The van der Waals surface area contributed by atoms with E-state index in [2.05, 4.69) is 10.1 Å². The second-order valence-corrected chi connectivity index (χ2v) is 6.48. The van der Waals surface area contributed by atoms with E-state index < -0.39 is 12.7 Å². The Morgan fingerprint density at radius 3 is 2.64 bits per heavy atom. The van der Waals surface area contributed by atoms with Gasteiger partial charge < -0.3 is 14.8 Å². The highest BCUT2D eigenvalue weighted by Crippen LogP contribution is 2.33. The van der Waals surface area contributed by atoms with Crippen molar-refractivity contribution in [2.45, 2.75) is 57.7 Å². The van der Waals surface area contributed by atoms with Gasteiger partial charge in [0.1, 0.15) is 5.75 Å². The summed E-state index contributed by atoms with van der Waals surface area (Å²) in [7, 11) is 0. The monoisotopic (exact) mass is 353 g/mol. The van der Waals surface area contributed by atoms with Crippen LogP contribution in [-0.4, -0.2) is 24.6 Å². The number of carbonyl (C=O) groups excluding carboxylic acids is 2. The van der Waals surface area contributed by atoms with Crippen LogP contribution in [-0.2, 0) is 20.7 Å². The maximum Gasteiger partial charge on any atom is 0.345 e. The van der Waals surface area contributed by atoms with Crippen LogP contribution >= 0.6 is 0 Å². The number of nitrogens with one attached hydrogen (secondary N) is 1. The number of alkyl halides is 2. The van der Waals surface area contributed by atoms with Crippen molar-refractivity contribution < 1.29 is 27.8 Å². The smallest absolute Gasteiger partial charge is 0.345 e. The standard InChI is InChI=1S/C18H21F2NO4/c19-18(20)24-12-9-7-11(8-10-12)17(23)25-15-5-2-4-14-13(15)3-1-6-16(22)21-14/h2,4-5,11-12,18H,1,3,6-10H2,(H,21,22). The van der Waals surface area contributed by atoms with Gasteiger partial charge in [-0.3, -0.25) is 9.59 Å². The molecular formula is C18H21F2NO4. The number of hydrogen-bond acceptors (Lipinski definition) is 4. The zero-order valence-electron chi connectivity index (χ0n) is 13.8. The summed E-state index contributed by atoms with van der Waals surface area (Å²) in [6, 6.07) is 5.25. The third-order valence-corrected chi connectivity index (χ3v) is 4.75. The van der Waals surface area contributed by atoms with Crippen molar-refractivity contribution in [2.24, 2.45) is 5.92 Å². The summed E-state index contributed by atoms with van der Waals surface area (Å²) in [4.78, 5) is 24.1. The summed E-state index contributed by atoms with van der Waals surface area (Å²) in [5, 5.41) is 2.82. The molecule has 7 heteroatoms. The molecular weight excluding hydrogens is 332 g/mol. The lowest BCUT2D eigenvalue weighted by Crippen LogP contribution is -2.30. The summed E-state index contributed by atoms with van der Waals surface area (Å²) in [5.74, 6) is -0.233. The summed E-state index contributed by atoms with van der Waals surface area (Å²) in [5.41, 5.74) is 1.51. The fraction of sp³-hybridized carbons (Fsp3) is 0.556. The number of amides is 1. The molecule has 1 N–H and O–H groups in total. The van der Waals surface area contributed by atoms with Gasteiger partial charge in [0.2, 0.25) is 5.91 Å².